The van der Waals surface area contributed by atoms with E-state index in [9.17, 15) is 8.42 Å². The molecule has 0 saturated heterocycles. The van der Waals surface area contributed by atoms with Gasteiger partial charge in [0, 0.05) is 0 Å². The summed E-state index contributed by atoms with van der Waals surface area (Å²) in [5, 5.41) is 0. The predicted octanol–water partition coefficient (Wildman–Crippen LogP) is 6.03. The Morgan fingerprint density at radius 1 is 0.778 bits per heavy atom. The molecule has 2 rings (SSSR count). The molecule has 0 aromatic heterocycles. The van der Waals surface area contributed by atoms with Gasteiger partial charge in [-0.1, -0.05) is 74.5 Å². The molecule has 2 nitrogen and oxygen atoms in total. The van der Waals surface area contributed by atoms with E-state index in [1.165, 1.54) is 0 Å². The summed E-state index contributed by atoms with van der Waals surface area (Å²) in [6.45, 7) is 16.1. The van der Waals surface area contributed by atoms with Crippen LogP contribution < -0.4 is 0 Å². The third-order valence-corrected chi connectivity index (χ3v) is 7.21. The molecular formula is C24H30O2S. The maximum absolute atomic E-state index is 13.5. The second kappa shape index (κ2) is 8.71. The minimum atomic E-state index is -3.60. The maximum Gasteiger partial charge on any atom is 0.207 e. The minimum absolute atomic E-state index is 0.222. The molecule has 0 fully saturated rings. The SMILES string of the molecule is C=C(C)[C@H](C)Cc1ccccc1S(=O)(=O)c1ccccc1C[C@@H](C)C(=C)C. The molecule has 0 aliphatic carbocycles. The van der Waals surface area contributed by atoms with E-state index in [1.807, 2.05) is 38.1 Å². The van der Waals surface area contributed by atoms with Crippen LogP contribution in [-0.4, -0.2) is 8.42 Å². The zero-order valence-electron chi connectivity index (χ0n) is 16.8. The summed E-state index contributed by atoms with van der Waals surface area (Å²) in [5.74, 6) is 0.445. The van der Waals surface area contributed by atoms with Crippen molar-refractivity contribution in [2.75, 3.05) is 0 Å². The molecule has 0 aliphatic rings. The van der Waals surface area contributed by atoms with Crippen LogP contribution in [0.25, 0.3) is 0 Å². The summed E-state index contributed by atoms with van der Waals surface area (Å²) < 4.78 is 27.1. The molecule has 3 heteroatoms. The van der Waals surface area contributed by atoms with Crippen LogP contribution in [-0.2, 0) is 22.7 Å². The molecule has 0 saturated carbocycles. The largest absolute Gasteiger partial charge is 0.218 e. The van der Waals surface area contributed by atoms with Crippen molar-refractivity contribution in [2.45, 2.75) is 50.3 Å². The third-order valence-electron chi connectivity index (χ3n) is 5.26. The number of allylic oxidation sites excluding steroid dienone is 2. The molecule has 2 aromatic rings. The fourth-order valence-corrected chi connectivity index (χ4v) is 4.74. The molecule has 2 aromatic carbocycles. The van der Waals surface area contributed by atoms with Gasteiger partial charge in [-0.3, -0.25) is 0 Å². The first-order valence-corrected chi connectivity index (χ1v) is 10.8. The number of hydrogen-bond donors (Lipinski definition) is 0. The van der Waals surface area contributed by atoms with Gasteiger partial charge < -0.3 is 0 Å². The molecule has 0 bridgehead atoms. The second-order valence-corrected chi connectivity index (χ2v) is 9.51. The van der Waals surface area contributed by atoms with Gasteiger partial charge in [0.05, 0.1) is 9.79 Å². The van der Waals surface area contributed by atoms with Crippen LogP contribution in [0.15, 0.2) is 82.6 Å². The second-order valence-electron chi connectivity index (χ2n) is 7.62. The number of benzene rings is 2. The van der Waals surface area contributed by atoms with Gasteiger partial charge in [0.15, 0.2) is 0 Å². The third kappa shape index (κ3) is 4.98. The first-order chi connectivity index (χ1) is 12.6. The number of rotatable bonds is 8. The van der Waals surface area contributed by atoms with Crippen molar-refractivity contribution in [1.82, 2.24) is 0 Å². The molecular weight excluding hydrogens is 352 g/mol. The normalized spacial score (nSPS) is 13.8. The standard InChI is InChI=1S/C24H30O2S/c1-17(2)19(5)15-21-11-7-9-13-23(21)27(25,26)24-14-10-8-12-22(24)16-20(6)18(3)4/h7-14,19-20H,1,3,15-16H2,2,4-6H3/t19-,20-/m1/s1. The van der Waals surface area contributed by atoms with Crippen molar-refractivity contribution in [3.8, 4) is 0 Å². The lowest BCUT2D eigenvalue weighted by Gasteiger charge is -2.18. The predicted molar refractivity (Wildman–Crippen MR) is 114 cm³/mol. The monoisotopic (exact) mass is 382 g/mol. The Balaban J connectivity index is 2.52. The lowest BCUT2D eigenvalue weighted by atomic mass is 9.95. The van der Waals surface area contributed by atoms with Gasteiger partial charge in [-0.2, -0.15) is 0 Å². The fraction of sp³-hybridized carbons (Fsp3) is 0.333. The summed E-state index contributed by atoms with van der Waals surface area (Å²) >= 11 is 0. The summed E-state index contributed by atoms with van der Waals surface area (Å²) in [6, 6.07) is 14.6. The first-order valence-electron chi connectivity index (χ1n) is 9.36. The van der Waals surface area contributed by atoms with Crippen LogP contribution >= 0.6 is 0 Å². The highest BCUT2D eigenvalue weighted by Crippen LogP contribution is 2.30. The van der Waals surface area contributed by atoms with Crippen molar-refractivity contribution < 1.29 is 8.42 Å². The van der Waals surface area contributed by atoms with Crippen molar-refractivity contribution >= 4 is 9.84 Å². The van der Waals surface area contributed by atoms with Crippen molar-refractivity contribution in [1.29, 1.82) is 0 Å². The van der Waals surface area contributed by atoms with Crippen molar-refractivity contribution in [3.63, 3.8) is 0 Å². The quantitative estimate of drug-likeness (QED) is 0.522. The lowest BCUT2D eigenvalue weighted by molar-refractivity contribution is 0.589. The molecule has 0 N–H and O–H groups in total. The van der Waals surface area contributed by atoms with Gasteiger partial charge in [-0.25, -0.2) is 8.42 Å². The van der Waals surface area contributed by atoms with Crippen LogP contribution in [0, 0.1) is 11.8 Å². The van der Waals surface area contributed by atoms with Gasteiger partial charge in [-0.15, -0.1) is 0 Å². The molecule has 0 heterocycles. The van der Waals surface area contributed by atoms with Gasteiger partial charge in [0.25, 0.3) is 0 Å². The Kier molecular flexibility index (Phi) is 6.83. The Morgan fingerprint density at radius 2 is 1.11 bits per heavy atom. The van der Waals surface area contributed by atoms with E-state index >= 15 is 0 Å². The Hall–Kier alpha value is -2.13. The Labute approximate surface area is 164 Å². The van der Waals surface area contributed by atoms with E-state index < -0.39 is 9.84 Å². The average molecular weight is 383 g/mol. The average Bonchev–Trinajstić information content (AvgIpc) is 2.62. The molecule has 0 spiro atoms. The maximum atomic E-state index is 13.5. The van der Waals surface area contributed by atoms with Crippen molar-refractivity contribution in [2.24, 2.45) is 11.8 Å². The van der Waals surface area contributed by atoms with E-state index in [1.54, 1.807) is 24.3 Å². The van der Waals surface area contributed by atoms with E-state index in [2.05, 4.69) is 27.0 Å². The van der Waals surface area contributed by atoms with Gasteiger partial charge in [-0.05, 0) is 61.8 Å². The van der Waals surface area contributed by atoms with Crippen LogP contribution in [0.1, 0.15) is 38.8 Å². The highest BCUT2D eigenvalue weighted by molar-refractivity contribution is 7.91. The highest BCUT2D eigenvalue weighted by Gasteiger charge is 2.25. The highest BCUT2D eigenvalue weighted by atomic mass is 32.2. The van der Waals surface area contributed by atoms with Gasteiger partial charge in [0.2, 0.25) is 9.84 Å². The molecule has 0 aliphatic heterocycles. The zero-order valence-corrected chi connectivity index (χ0v) is 17.6. The van der Waals surface area contributed by atoms with Crippen molar-refractivity contribution in [3.05, 3.63) is 84.0 Å². The molecule has 0 unspecified atom stereocenters. The first kappa shape index (κ1) is 21.2. The number of hydrogen-bond acceptors (Lipinski definition) is 2. The Bertz CT molecular complexity index is 867. The Morgan fingerprint density at radius 3 is 1.44 bits per heavy atom. The van der Waals surface area contributed by atoms with E-state index in [0.717, 1.165) is 22.3 Å². The molecule has 0 radical (unpaired) electrons. The fourth-order valence-electron chi connectivity index (χ4n) is 3.00. The topological polar surface area (TPSA) is 34.1 Å². The van der Waals surface area contributed by atoms with E-state index in [-0.39, 0.29) is 11.8 Å². The molecule has 0 amide bonds. The van der Waals surface area contributed by atoms with E-state index in [0.29, 0.717) is 22.6 Å². The lowest BCUT2D eigenvalue weighted by Crippen LogP contribution is -2.12. The van der Waals surface area contributed by atoms with Gasteiger partial charge >= 0.3 is 0 Å². The summed E-state index contributed by atoms with van der Waals surface area (Å²) in [6.07, 6.45) is 1.32. The summed E-state index contributed by atoms with van der Waals surface area (Å²) in [5.41, 5.74) is 3.79. The minimum Gasteiger partial charge on any atom is -0.218 e. The zero-order chi connectivity index (χ0) is 20.2. The number of sulfone groups is 1. The van der Waals surface area contributed by atoms with Crippen LogP contribution in [0.4, 0.5) is 0 Å². The molecule has 144 valence electrons. The van der Waals surface area contributed by atoms with Crippen LogP contribution in [0.3, 0.4) is 0 Å². The summed E-state index contributed by atoms with van der Waals surface area (Å²) in [4.78, 5) is 0.794. The van der Waals surface area contributed by atoms with Crippen LogP contribution in [0.2, 0.25) is 0 Å². The molecule has 27 heavy (non-hydrogen) atoms. The molecule has 2 atom stereocenters. The summed E-state index contributed by atoms with van der Waals surface area (Å²) in [7, 11) is -3.60. The smallest absolute Gasteiger partial charge is 0.207 e. The van der Waals surface area contributed by atoms with Crippen LogP contribution in [0.5, 0.6) is 0 Å². The van der Waals surface area contributed by atoms with E-state index in [4.69, 9.17) is 0 Å². The van der Waals surface area contributed by atoms with Gasteiger partial charge in [0.1, 0.15) is 0 Å².